The number of ether oxygens (including phenoxy) is 1. The average Bonchev–Trinajstić information content (AvgIpc) is 2.90. The number of likely N-dealkylation sites (N-methyl/N-ethyl adjacent to an activating group) is 1. The van der Waals surface area contributed by atoms with Crippen molar-refractivity contribution in [3.63, 3.8) is 0 Å². The fraction of sp³-hybridized carbons (Fsp3) is 0.583. The molecule has 0 saturated carbocycles. The summed E-state index contributed by atoms with van der Waals surface area (Å²) in [4.78, 5) is 21.9. The van der Waals surface area contributed by atoms with Crippen molar-refractivity contribution in [3.8, 4) is 0 Å². The van der Waals surface area contributed by atoms with Gasteiger partial charge in [0.2, 0.25) is 5.82 Å². The number of hydrogen-bond donors (Lipinski definition) is 1. The highest BCUT2D eigenvalue weighted by molar-refractivity contribution is 5.85. The summed E-state index contributed by atoms with van der Waals surface area (Å²) in [6, 6.07) is 2.29. The van der Waals surface area contributed by atoms with Crippen LogP contribution in [-0.4, -0.2) is 49.2 Å². The Labute approximate surface area is 106 Å². The lowest BCUT2D eigenvalue weighted by molar-refractivity contribution is 0.0586. The number of nitrogens with one attached hydrogen (secondary N) is 1. The van der Waals surface area contributed by atoms with Gasteiger partial charge in [-0.1, -0.05) is 0 Å². The molecule has 1 unspecified atom stereocenters. The topological polar surface area (TPSA) is 67.3 Å². The van der Waals surface area contributed by atoms with Crippen LogP contribution in [-0.2, 0) is 4.74 Å². The quantitative estimate of drug-likeness (QED) is 0.782. The van der Waals surface area contributed by atoms with E-state index in [4.69, 9.17) is 0 Å². The van der Waals surface area contributed by atoms with Gasteiger partial charge >= 0.3 is 5.97 Å². The number of carbonyl (C=O) groups excluding carboxylic acids is 1. The third-order valence-corrected chi connectivity index (χ3v) is 3.15. The number of esters is 1. The molecule has 18 heavy (non-hydrogen) atoms. The molecule has 0 amide bonds. The first kappa shape index (κ1) is 12.8. The number of hydrogen-bond acceptors (Lipinski definition) is 6. The summed E-state index contributed by atoms with van der Waals surface area (Å²) in [6.07, 6.45) is 1.08. The van der Waals surface area contributed by atoms with Crippen molar-refractivity contribution in [1.29, 1.82) is 0 Å². The van der Waals surface area contributed by atoms with E-state index in [1.165, 1.54) is 7.11 Å². The summed E-state index contributed by atoms with van der Waals surface area (Å²) in [5.74, 6) is 0.375. The van der Waals surface area contributed by atoms with Crippen LogP contribution in [0.25, 0.3) is 0 Å². The molecule has 1 aliphatic rings. The van der Waals surface area contributed by atoms with Gasteiger partial charge in [0.1, 0.15) is 5.82 Å². The Morgan fingerprint density at radius 1 is 1.56 bits per heavy atom. The molecule has 1 N–H and O–H groups in total. The average molecular weight is 250 g/mol. The lowest BCUT2D eigenvalue weighted by Gasteiger charge is -2.25. The Balaban J connectivity index is 2.26. The molecular weight excluding hydrogens is 232 g/mol. The second-order valence-corrected chi connectivity index (χ2v) is 4.44. The summed E-state index contributed by atoms with van der Waals surface area (Å²) in [7, 11) is 3.32. The second-order valence-electron chi connectivity index (χ2n) is 4.44. The molecule has 1 fully saturated rings. The van der Waals surface area contributed by atoms with Crippen molar-refractivity contribution in [3.05, 3.63) is 17.6 Å². The van der Waals surface area contributed by atoms with Gasteiger partial charge in [0, 0.05) is 31.4 Å². The van der Waals surface area contributed by atoms with Crippen LogP contribution in [0.2, 0.25) is 0 Å². The summed E-state index contributed by atoms with van der Waals surface area (Å²) in [5, 5.41) is 3.31. The monoisotopic (exact) mass is 250 g/mol. The zero-order valence-electron chi connectivity index (χ0n) is 10.9. The van der Waals surface area contributed by atoms with E-state index in [0.29, 0.717) is 6.04 Å². The van der Waals surface area contributed by atoms with Gasteiger partial charge in [0.25, 0.3) is 0 Å². The summed E-state index contributed by atoms with van der Waals surface area (Å²) < 4.78 is 4.66. The van der Waals surface area contributed by atoms with E-state index in [1.54, 1.807) is 0 Å². The molecule has 0 radical (unpaired) electrons. The predicted molar refractivity (Wildman–Crippen MR) is 67.8 cm³/mol. The van der Waals surface area contributed by atoms with Crippen LogP contribution >= 0.6 is 0 Å². The third-order valence-electron chi connectivity index (χ3n) is 3.15. The minimum Gasteiger partial charge on any atom is -0.463 e. The van der Waals surface area contributed by atoms with Crippen molar-refractivity contribution < 1.29 is 9.53 Å². The number of aromatic nitrogens is 2. The summed E-state index contributed by atoms with van der Waals surface area (Å²) in [5.41, 5.74) is 0.762. The first-order valence-electron chi connectivity index (χ1n) is 5.99. The third kappa shape index (κ3) is 2.59. The lowest BCUT2D eigenvalue weighted by Crippen LogP contribution is -2.34. The van der Waals surface area contributed by atoms with Crippen LogP contribution in [0, 0.1) is 6.92 Å². The SMILES string of the molecule is COC(=O)c1nc(C)cc(N(C)C2CCNC2)n1. The molecular formula is C12H18N4O2. The van der Waals surface area contributed by atoms with E-state index in [0.717, 1.165) is 31.0 Å². The molecule has 0 bridgehead atoms. The number of aryl methyl sites for hydroxylation is 1. The minimum absolute atomic E-state index is 0.116. The van der Waals surface area contributed by atoms with Crippen LogP contribution in [0.15, 0.2) is 6.07 Å². The zero-order chi connectivity index (χ0) is 13.1. The van der Waals surface area contributed by atoms with Crippen molar-refractivity contribution in [2.24, 2.45) is 0 Å². The molecule has 1 aliphatic heterocycles. The number of anilines is 1. The van der Waals surface area contributed by atoms with E-state index in [9.17, 15) is 4.79 Å². The second kappa shape index (κ2) is 5.30. The highest BCUT2D eigenvalue weighted by Gasteiger charge is 2.22. The van der Waals surface area contributed by atoms with Gasteiger partial charge in [-0.05, 0) is 19.9 Å². The normalized spacial score (nSPS) is 18.7. The Morgan fingerprint density at radius 2 is 2.33 bits per heavy atom. The molecule has 1 aromatic heterocycles. The van der Waals surface area contributed by atoms with E-state index in [-0.39, 0.29) is 5.82 Å². The molecule has 1 aromatic rings. The Bertz CT molecular complexity index is 444. The van der Waals surface area contributed by atoms with Gasteiger partial charge in [-0.25, -0.2) is 14.8 Å². The summed E-state index contributed by atoms with van der Waals surface area (Å²) in [6.45, 7) is 3.80. The van der Waals surface area contributed by atoms with Gasteiger partial charge in [-0.15, -0.1) is 0 Å². The maximum absolute atomic E-state index is 11.5. The standard InChI is InChI=1S/C12H18N4O2/c1-8-6-10(15-11(14-8)12(17)18-3)16(2)9-4-5-13-7-9/h6,9,13H,4-5,7H2,1-3H3. The minimum atomic E-state index is -0.502. The Hall–Kier alpha value is -1.69. The van der Waals surface area contributed by atoms with Crippen molar-refractivity contribution in [1.82, 2.24) is 15.3 Å². The van der Waals surface area contributed by atoms with Gasteiger partial charge in [0.15, 0.2) is 0 Å². The van der Waals surface area contributed by atoms with Gasteiger partial charge in [-0.2, -0.15) is 0 Å². The fourth-order valence-corrected chi connectivity index (χ4v) is 2.07. The first-order valence-corrected chi connectivity index (χ1v) is 5.99. The van der Waals surface area contributed by atoms with Gasteiger partial charge in [0.05, 0.1) is 7.11 Å². The molecule has 0 aliphatic carbocycles. The molecule has 1 saturated heterocycles. The van der Waals surface area contributed by atoms with Crippen LogP contribution < -0.4 is 10.2 Å². The van der Waals surface area contributed by atoms with Crippen LogP contribution in [0.3, 0.4) is 0 Å². The molecule has 0 aromatic carbocycles. The van der Waals surface area contributed by atoms with Crippen molar-refractivity contribution >= 4 is 11.8 Å². The van der Waals surface area contributed by atoms with E-state index in [2.05, 4.69) is 24.9 Å². The van der Waals surface area contributed by atoms with Gasteiger partial charge < -0.3 is 15.0 Å². The molecule has 2 rings (SSSR count). The van der Waals surface area contributed by atoms with E-state index >= 15 is 0 Å². The van der Waals surface area contributed by atoms with Crippen molar-refractivity contribution in [2.75, 3.05) is 32.1 Å². The van der Waals surface area contributed by atoms with Crippen molar-refractivity contribution in [2.45, 2.75) is 19.4 Å². The van der Waals surface area contributed by atoms with E-state index < -0.39 is 5.97 Å². The molecule has 6 heteroatoms. The molecule has 0 spiro atoms. The largest absolute Gasteiger partial charge is 0.463 e. The fourth-order valence-electron chi connectivity index (χ4n) is 2.07. The zero-order valence-corrected chi connectivity index (χ0v) is 10.9. The number of nitrogens with zero attached hydrogens (tertiary/aromatic N) is 3. The summed E-state index contributed by atoms with van der Waals surface area (Å²) >= 11 is 0. The maximum Gasteiger partial charge on any atom is 0.376 e. The Morgan fingerprint density at radius 3 is 2.94 bits per heavy atom. The Kier molecular flexibility index (Phi) is 3.76. The number of methoxy groups -OCH3 is 1. The van der Waals surface area contributed by atoms with Crippen LogP contribution in [0.5, 0.6) is 0 Å². The smallest absolute Gasteiger partial charge is 0.376 e. The molecule has 98 valence electrons. The highest BCUT2D eigenvalue weighted by atomic mass is 16.5. The lowest BCUT2D eigenvalue weighted by atomic mass is 10.2. The first-order chi connectivity index (χ1) is 8.61. The van der Waals surface area contributed by atoms with Crippen LogP contribution in [0.1, 0.15) is 22.7 Å². The number of carbonyl (C=O) groups is 1. The molecule has 1 atom stereocenters. The van der Waals surface area contributed by atoms with Gasteiger partial charge in [-0.3, -0.25) is 0 Å². The van der Waals surface area contributed by atoms with Crippen LogP contribution in [0.4, 0.5) is 5.82 Å². The highest BCUT2D eigenvalue weighted by Crippen LogP contribution is 2.17. The number of rotatable bonds is 3. The molecule has 2 heterocycles. The predicted octanol–water partition coefficient (Wildman–Crippen LogP) is 0.370. The maximum atomic E-state index is 11.5. The molecule has 6 nitrogen and oxygen atoms in total. The van der Waals surface area contributed by atoms with E-state index in [1.807, 2.05) is 20.0 Å².